The van der Waals surface area contributed by atoms with Crippen LogP contribution in [0.5, 0.6) is 0 Å². The van der Waals surface area contributed by atoms with Crippen molar-refractivity contribution in [1.82, 2.24) is 5.32 Å². The van der Waals surface area contributed by atoms with E-state index >= 15 is 0 Å². The lowest BCUT2D eigenvalue weighted by Gasteiger charge is -2.04. The molecule has 5 heteroatoms. The Labute approximate surface area is 81.7 Å². The van der Waals surface area contributed by atoms with E-state index in [1.165, 1.54) is 0 Å². The van der Waals surface area contributed by atoms with Crippen LogP contribution < -0.4 is 11.1 Å². The van der Waals surface area contributed by atoms with Gasteiger partial charge in [-0.1, -0.05) is 0 Å². The van der Waals surface area contributed by atoms with Gasteiger partial charge in [0, 0.05) is 41.8 Å². The minimum absolute atomic E-state index is 0.0610. The van der Waals surface area contributed by atoms with Crippen molar-refractivity contribution in [3.05, 3.63) is 0 Å². The number of carbonyl (C=O) groups is 1. The first-order valence-electron chi connectivity index (χ1n) is 4.37. The van der Waals surface area contributed by atoms with Crippen molar-refractivity contribution in [2.75, 3.05) is 18.6 Å². The molecule has 0 fully saturated rings. The van der Waals surface area contributed by atoms with Crippen molar-refractivity contribution in [2.24, 2.45) is 5.73 Å². The second-order valence-corrected chi connectivity index (χ2v) is 4.73. The number of hydrogen-bond acceptors (Lipinski definition) is 3. The first kappa shape index (κ1) is 12.6. The zero-order chi connectivity index (χ0) is 10.3. The van der Waals surface area contributed by atoms with Crippen LogP contribution in [0.2, 0.25) is 0 Å². The van der Waals surface area contributed by atoms with Crippen LogP contribution in [0, 0.1) is 0 Å². The molecule has 0 spiro atoms. The predicted octanol–water partition coefficient (Wildman–Crippen LogP) is -0.391. The van der Waals surface area contributed by atoms with E-state index in [0.29, 0.717) is 17.9 Å². The molecule has 0 aromatic heterocycles. The Hall–Kier alpha value is -0.420. The van der Waals surface area contributed by atoms with Crippen molar-refractivity contribution in [1.29, 1.82) is 0 Å². The Morgan fingerprint density at radius 2 is 2.15 bits per heavy atom. The molecule has 0 saturated heterocycles. The van der Waals surface area contributed by atoms with E-state index in [4.69, 9.17) is 5.73 Å². The van der Waals surface area contributed by atoms with Crippen LogP contribution in [0.25, 0.3) is 0 Å². The van der Waals surface area contributed by atoms with Gasteiger partial charge in [-0.2, -0.15) is 0 Å². The second kappa shape index (κ2) is 7.03. The molecule has 0 bridgehead atoms. The number of nitrogens with one attached hydrogen (secondary N) is 1. The highest BCUT2D eigenvalue weighted by Crippen LogP contribution is 1.94. The molecule has 2 unspecified atom stereocenters. The molecule has 0 aliphatic rings. The molecule has 2 atom stereocenters. The molecule has 0 rings (SSSR count). The van der Waals surface area contributed by atoms with Gasteiger partial charge in [-0.05, 0) is 13.3 Å². The van der Waals surface area contributed by atoms with Gasteiger partial charge in [0.25, 0.3) is 0 Å². The maximum atomic E-state index is 11.2. The van der Waals surface area contributed by atoms with Crippen molar-refractivity contribution in [2.45, 2.75) is 25.8 Å². The Balaban J connectivity index is 3.46. The quantitative estimate of drug-likeness (QED) is 0.621. The Kier molecular flexibility index (Phi) is 6.80. The van der Waals surface area contributed by atoms with Gasteiger partial charge >= 0.3 is 0 Å². The number of amides is 1. The van der Waals surface area contributed by atoms with Crippen molar-refractivity contribution >= 4 is 16.7 Å². The molecule has 1 amide bonds. The van der Waals surface area contributed by atoms with Crippen LogP contribution in [0.4, 0.5) is 0 Å². The summed E-state index contributed by atoms with van der Waals surface area (Å²) >= 11 is 0. The molecule has 0 heterocycles. The first-order chi connectivity index (χ1) is 6.06. The molecule has 4 nitrogen and oxygen atoms in total. The van der Waals surface area contributed by atoms with E-state index in [1.807, 2.05) is 6.92 Å². The maximum absolute atomic E-state index is 11.2. The third kappa shape index (κ3) is 7.93. The summed E-state index contributed by atoms with van der Waals surface area (Å²) in [6, 6.07) is 0.0870. The second-order valence-electron chi connectivity index (χ2n) is 3.04. The lowest BCUT2D eigenvalue weighted by Crippen LogP contribution is -2.22. The normalized spacial score (nSPS) is 15.0. The molecule has 0 aliphatic carbocycles. The molecule has 0 radical (unpaired) electrons. The third-order valence-electron chi connectivity index (χ3n) is 1.64. The molecular weight excluding hydrogens is 188 g/mol. The molecule has 0 aliphatic heterocycles. The lowest BCUT2D eigenvalue weighted by atomic mass is 10.3. The van der Waals surface area contributed by atoms with Gasteiger partial charge in [-0.3, -0.25) is 9.00 Å². The molecule has 13 heavy (non-hydrogen) atoms. The summed E-state index contributed by atoms with van der Waals surface area (Å²) in [5.41, 5.74) is 5.51. The third-order valence-corrected chi connectivity index (χ3v) is 2.99. The summed E-state index contributed by atoms with van der Waals surface area (Å²) < 4.78 is 11.2. The fourth-order valence-corrected chi connectivity index (χ4v) is 2.00. The van der Waals surface area contributed by atoms with Crippen LogP contribution in [-0.2, 0) is 15.6 Å². The Morgan fingerprint density at radius 3 is 2.62 bits per heavy atom. The predicted molar refractivity (Wildman–Crippen MR) is 54.8 cm³/mol. The zero-order valence-corrected chi connectivity index (χ0v) is 9.02. The average molecular weight is 206 g/mol. The Morgan fingerprint density at radius 1 is 1.54 bits per heavy atom. The van der Waals surface area contributed by atoms with Crippen molar-refractivity contribution in [3.8, 4) is 0 Å². The van der Waals surface area contributed by atoms with E-state index in [1.54, 1.807) is 7.05 Å². The number of nitrogens with two attached hydrogens (primary N) is 1. The molecule has 0 saturated carbocycles. The number of rotatable bonds is 6. The maximum Gasteiger partial charge on any atom is 0.220 e. The van der Waals surface area contributed by atoms with Gasteiger partial charge in [-0.25, -0.2) is 0 Å². The minimum atomic E-state index is -0.904. The van der Waals surface area contributed by atoms with Gasteiger partial charge in [0.1, 0.15) is 0 Å². The van der Waals surface area contributed by atoms with E-state index in [9.17, 15) is 9.00 Å². The fraction of sp³-hybridized carbons (Fsp3) is 0.875. The van der Waals surface area contributed by atoms with E-state index in [0.717, 1.165) is 6.42 Å². The SMILES string of the molecule is CNC(=O)CCS(=O)CCC(C)N. The average Bonchev–Trinajstić information content (AvgIpc) is 2.10. The molecule has 78 valence electrons. The van der Waals surface area contributed by atoms with Gasteiger partial charge < -0.3 is 11.1 Å². The molecule has 3 N–H and O–H groups in total. The topological polar surface area (TPSA) is 72.2 Å². The summed E-state index contributed by atoms with van der Waals surface area (Å²) in [4.78, 5) is 10.8. The molecular formula is C8H18N2O2S. The summed E-state index contributed by atoms with van der Waals surface area (Å²) in [6.07, 6.45) is 1.09. The van der Waals surface area contributed by atoms with Crippen LogP contribution in [0.15, 0.2) is 0 Å². The fourth-order valence-electron chi connectivity index (χ4n) is 0.751. The largest absolute Gasteiger partial charge is 0.359 e. The van der Waals surface area contributed by atoms with Gasteiger partial charge in [0.15, 0.2) is 0 Å². The van der Waals surface area contributed by atoms with Crippen molar-refractivity contribution in [3.63, 3.8) is 0 Å². The summed E-state index contributed by atoms with van der Waals surface area (Å²) in [6.45, 7) is 1.88. The smallest absolute Gasteiger partial charge is 0.220 e. The van der Waals surface area contributed by atoms with Gasteiger partial charge in [0.2, 0.25) is 5.91 Å². The highest BCUT2D eigenvalue weighted by atomic mass is 32.2. The Bertz CT molecular complexity index is 183. The van der Waals surface area contributed by atoms with E-state index in [2.05, 4.69) is 5.32 Å². The minimum Gasteiger partial charge on any atom is -0.359 e. The number of hydrogen-bond donors (Lipinski definition) is 2. The highest BCUT2D eigenvalue weighted by Gasteiger charge is 2.04. The van der Waals surface area contributed by atoms with Crippen LogP contribution in [0.1, 0.15) is 19.8 Å². The van der Waals surface area contributed by atoms with E-state index < -0.39 is 10.8 Å². The van der Waals surface area contributed by atoms with Gasteiger partial charge in [-0.15, -0.1) is 0 Å². The summed E-state index contributed by atoms with van der Waals surface area (Å²) in [5.74, 6) is 0.968. The monoisotopic (exact) mass is 206 g/mol. The standard InChI is InChI=1S/C8H18N2O2S/c1-7(9)3-5-13(12)6-4-8(11)10-2/h7H,3-6,9H2,1-2H3,(H,10,11). The van der Waals surface area contributed by atoms with Crippen molar-refractivity contribution < 1.29 is 9.00 Å². The zero-order valence-electron chi connectivity index (χ0n) is 8.21. The van der Waals surface area contributed by atoms with E-state index in [-0.39, 0.29) is 11.9 Å². The summed E-state index contributed by atoms with van der Waals surface area (Å²) in [7, 11) is 0.673. The highest BCUT2D eigenvalue weighted by molar-refractivity contribution is 7.84. The summed E-state index contributed by atoms with van der Waals surface area (Å²) in [5, 5.41) is 2.49. The lowest BCUT2D eigenvalue weighted by molar-refractivity contribution is -0.120. The first-order valence-corrected chi connectivity index (χ1v) is 5.86. The van der Waals surface area contributed by atoms with Crippen LogP contribution >= 0.6 is 0 Å². The van der Waals surface area contributed by atoms with Crippen LogP contribution in [-0.4, -0.2) is 34.7 Å². The molecule has 0 aromatic rings. The van der Waals surface area contributed by atoms with Crippen LogP contribution in [0.3, 0.4) is 0 Å². The number of carbonyl (C=O) groups excluding carboxylic acids is 1. The molecule has 0 aromatic carbocycles. The van der Waals surface area contributed by atoms with Gasteiger partial charge in [0.05, 0.1) is 0 Å².